The second-order valence-electron chi connectivity index (χ2n) is 4.68. The number of pyridine rings is 1. The SMILES string of the molecule is c1ccc(-c2ncc(CN3CCCCC3)s2)nc1. The number of nitrogens with zero attached hydrogens (tertiary/aromatic N) is 3. The van der Waals surface area contributed by atoms with E-state index in [9.17, 15) is 0 Å². The van der Waals surface area contributed by atoms with Gasteiger partial charge in [0, 0.05) is 23.8 Å². The average molecular weight is 259 g/mol. The van der Waals surface area contributed by atoms with Gasteiger partial charge < -0.3 is 0 Å². The Morgan fingerprint density at radius 1 is 1.11 bits per heavy atom. The fraction of sp³-hybridized carbons (Fsp3) is 0.429. The molecule has 0 radical (unpaired) electrons. The van der Waals surface area contributed by atoms with Crippen LogP contribution in [0.1, 0.15) is 24.1 Å². The first kappa shape index (κ1) is 11.8. The van der Waals surface area contributed by atoms with Crippen LogP contribution >= 0.6 is 11.3 Å². The lowest BCUT2D eigenvalue weighted by Crippen LogP contribution is -2.28. The van der Waals surface area contributed by atoms with E-state index in [2.05, 4.69) is 14.9 Å². The van der Waals surface area contributed by atoms with E-state index in [-0.39, 0.29) is 0 Å². The van der Waals surface area contributed by atoms with Crippen molar-refractivity contribution in [2.75, 3.05) is 13.1 Å². The van der Waals surface area contributed by atoms with Crippen molar-refractivity contribution in [2.24, 2.45) is 0 Å². The minimum absolute atomic E-state index is 0.979. The van der Waals surface area contributed by atoms with Crippen LogP contribution in [-0.2, 0) is 6.54 Å². The molecule has 94 valence electrons. The van der Waals surface area contributed by atoms with Crippen molar-refractivity contribution < 1.29 is 0 Å². The molecule has 0 bridgehead atoms. The molecule has 1 aliphatic rings. The summed E-state index contributed by atoms with van der Waals surface area (Å²) >= 11 is 1.76. The zero-order chi connectivity index (χ0) is 12.2. The summed E-state index contributed by atoms with van der Waals surface area (Å²) in [7, 11) is 0. The molecule has 0 aliphatic carbocycles. The molecule has 0 saturated carbocycles. The third-order valence-electron chi connectivity index (χ3n) is 3.27. The van der Waals surface area contributed by atoms with Crippen molar-refractivity contribution in [3.63, 3.8) is 0 Å². The summed E-state index contributed by atoms with van der Waals surface area (Å²) in [6.45, 7) is 3.51. The van der Waals surface area contributed by atoms with Crippen LogP contribution in [0.4, 0.5) is 0 Å². The van der Waals surface area contributed by atoms with Gasteiger partial charge in [0.05, 0.1) is 5.69 Å². The van der Waals surface area contributed by atoms with Gasteiger partial charge in [0.15, 0.2) is 0 Å². The number of likely N-dealkylation sites (tertiary alicyclic amines) is 1. The van der Waals surface area contributed by atoms with Gasteiger partial charge in [0.25, 0.3) is 0 Å². The maximum Gasteiger partial charge on any atom is 0.142 e. The minimum Gasteiger partial charge on any atom is -0.298 e. The normalized spacial score (nSPS) is 16.9. The highest BCUT2D eigenvalue weighted by Crippen LogP contribution is 2.24. The third kappa shape index (κ3) is 2.76. The number of hydrogen-bond acceptors (Lipinski definition) is 4. The summed E-state index contributed by atoms with van der Waals surface area (Å²) in [5.41, 5.74) is 0.979. The first-order valence-corrected chi connectivity index (χ1v) is 7.32. The molecule has 0 spiro atoms. The molecular formula is C14H17N3S. The monoisotopic (exact) mass is 259 g/mol. The summed E-state index contributed by atoms with van der Waals surface area (Å²) in [5.74, 6) is 0. The Labute approximate surface area is 112 Å². The highest BCUT2D eigenvalue weighted by Gasteiger charge is 2.12. The first-order chi connectivity index (χ1) is 8.92. The highest BCUT2D eigenvalue weighted by molar-refractivity contribution is 7.14. The number of piperidine rings is 1. The van der Waals surface area contributed by atoms with Crippen molar-refractivity contribution in [3.8, 4) is 10.7 Å². The molecule has 1 aliphatic heterocycles. The predicted molar refractivity (Wildman–Crippen MR) is 74.5 cm³/mol. The molecule has 3 heterocycles. The van der Waals surface area contributed by atoms with Crippen LogP contribution in [0.15, 0.2) is 30.6 Å². The lowest BCUT2D eigenvalue weighted by molar-refractivity contribution is 0.222. The number of hydrogen-bond donors (Lipinski definition) is 0. The lowest BCUT2D eigenvalue weighted by atomic mass is 10.1. The maximum atomic E-state index is 4.48. The summed E-state index contributed by atoms with van der Waals surface area (Å²) in [5, 5.41) is 1.03. The zero-order valence-corrected chi connectivity index (χ0v) is 11.2. The molecule has 0 atom stereocenters. The summed E-state index contributed by atoms with van der Waals surface area (Å²) in [6.07, 6.45) is 7.89. The van der Waals surface area contributed by atoms with Crippen molar-refractivity contribution in [1.29, 1.82) is 0 Å². The fourth-order valence-electron chi connectivity index (χ4n) is 2.33. The molecule has 4 heteroatoms. The number of rotatable bonds is 3. The Balaban J connectivity index is 1.69. The smallest absolute Gasteiger partial charge is 0.142 e. The van der Waals surface area contributed by atoms with E-state index in [1.807, 2.05) is 30.6 Å². The topological polar surface area (TPSA) is 29.0 Å². The van der Waals surface area contributed by atoms with Crippen LogP contribution in [0.3, 0.4) is 0 Å². The quantitative estimate of drug-likeness (QED) is 0.847. The summed E-state index contributed by atoms with van der Waals surface area (Å²) < 4.78 is 0. The molecule has 18 heavy (non-hydrogen) atoms. The van der Waals surface area contributed by atoms with Gasteiger partial charge in [-0.3, -0.25) is 9.88 Å². The molecule has 2 aromatic rings. The molecular weight excluding hydrogens is 242 g/mol. The van der Waals surface area contributed by atoms with E-state index in [0.29, 0.717) is 0 Å². The molecule has 0 aromatic carbocycles. The van der Waals surface area contributed by atoms with E-state index < -0.39 is 0 Å². The van der Waals surface area contributed by atoms with Gasteiger partial charge in [0.1, 0.15) is 5.01 Å². The van der Waals surface area contributed by atoms with Gasteiger partial charge >= 0.3 is 0 Å². The molecule has 0 unspecified atom stereocenters. The van der Waals surface area contributed by atoms with Crippen molar-refractivity contribution in [3.05, 3.63) is 35.5 Å². The van der Waals surface area contributed by atoms with Gasteiger partial charge in [-0.1, -0.05) is 12.5 Å². The molecule has 0 amide bonds. The minimum atomic E-state index is 0.979. The lowest BCUT2D eigenvalue weighted by Gasteiger charge is -2.25. The van der Waals surface area contributed by atoms with Gasteiger partial charge in [0.2, 0.25) is 0 Å². The highest BCUT2D eigenvalue weighted by atomic mass is 32.1. The van der Waals surface area contributed by atoms with Gasteiger partial charge in [-0.25, -0.2) is 4.98 Å². The second kappa shape index (κ2) is 5.59. The van der Waals surface area contributed by atoms with Gasteiger partial charge in [-0.05, 0) is 38.1 Å². The van der Waals surface area contributed by atoms with E-state index >= 15 is 0 Å². The van der Waals surface area contributed by atoms with Crippen LogP contribution in [-0.4, -0.2) is 28.0 Å². The standard InChI is InChI=1S/C14H17N3S/c1-4-8-17(9-5-1)11-12-10-16-14(18-12)13-6-2-3-7-15-13/h2-3,6-7,10H,1,4-5,8-9,11H2. The zero-order valence-electron chi connectivity index (χ0n) is 10.4. The fourth-order valence-corrected chi connectivity index (χ4v) is 3.26. The number of thiazole rings is 1. The summed E-state index contributed by atoms with van der Waals surface area (Å²) in [6, 6.07) is 5.96. The molecule has 2 aromatic heterocycles. The largest absolute Gasteiger partial charge is 0.298 e. The Kier molecular flexibility index (Phi) is 3.67. The molecule has 1 fully saturated rings. The van der Waals surface area contributed by atoms with E-state index in [4.69, 9.17) is 0 Å². The number of aromatic nitrogens is 2. The average Bonchev–Trinajstić information content (AvgIpc) is 2.89. The Bertz CT molecular complexity index is 489. The van der Waals surface area contributed by atoms with Crippen LogP contribution < -0.4 is 0 Å². The molecule has 3 rings (SSSR count). The Morgan fingerprint density at radius 3 is 2.78 bits per heavy atom. The molecule has 3 nitrogen and oxygen atoms in total. The third-order valence-corrected chi connectivity index (χ3v) is 4.27. The second-order valence-corrected chi connectivity index (χ2v) is 5.80. The van der Waals surface area contributed by atoms with Gasteiger partial charge in [-0.2, -0.15) is 0 Å². The van der Waals surface area contributed by atoms with E-state index in [1.54, 1.807) is 11.3 Å². The maximum absolute atomic E-state index is 4.48. The van der Waals surface area contributed by atoms with Crippen LogP contribution in [0.25, 0.3) is 10.7 Å². The first-order valence-electron chi connectivity index (χ1n) is 6.50. The van der Waals surface area contributed by atoms with Crippen LogP contribution in [0.2, 0.25) is 0 Å². The van der Waals surface area contributed by atoms with Crippen molar-refractivity contribution in [2.45, 2.75) is 25.8 Å². The van der Waals surface area contributed by atoms with E-state index in [0.717, 1.165) is 17.2 Å². The van der Waals surface area contributed by atoms with E-state index in [1.165, 1.54) is 37.2 Å². The van der Waals surface area contributed by atoms with Gasteiger partial charge in [-0.15, -0.1) is 11.3 Å². The Hall–Kier alpha value is -1.26. The van der Waals surface area contributed by atoms with Crippen molar-refractivity contribution in [1.82, 2.24) is 14.9 Å². The molecule has 1 saturated heterocycles. The van der Waals surface area contributed by atoms with Crippen molar-refractivity contribution >= 4 is 11.3 Å². The van der Waals surface area contributed by atoms with Crippen LogP contribution in [0, 0.1) is 0 Å². The molecule has 0 N–H and O–H groups in total. The Morgan fingerprint density at radius 2 is 2.00 bits per heavy atom. The van der Waals surface area contributed by atoms with Crippen LogP contribution in [0.5, 0.6) is 0 Å². The predicted octanol–water partition coefficient (Wildman–Crippen LogP) is 3.19. The summed E-state index contributed by atoms with van der Waals surface area (Å²) in [4.78, 5) is 12.7.